The molecule has 0 unspecified atom stereocenters. The van der Waals surface area contributed by atoms with Gasteiger partial charge in [0.15, 0.2) is 11.6 Å². The van der Waals surface area contributed by atoms with Crippen LogP contribution in [0, 0.1) is 11.8 Å². The van der Waals surface area contributed by atoms with Gasteiger partial charge in [0, 0.05) is 27.5 Å². The molecule has 43 heavy (non-hydrogen) atoms. The normalized spacial score (nSPS) is 23.2. The lowest BCUT2D eigenvalue weighted by atomic mass is 9.64. The summed E-state index contributed by atoms with van der Waals surface area (Å²) in [6.07, 6.45) is 4.81. The molecular weight excluding hydrogens is 556 g/mol. The lowest BCUT2D eigenvalue weighted by Gasteiger charge is -2.37. The molecule has 0 bridgehead atoms. The van der Waals surface area contributed by atoms with E-state index in [0.29, 0.717) is 27.8 Å². The van der Waals surface area contributed by atoms with E-state index in [4.69, 9.17) is 11.6 Å². The molecular formula is C37H31ClN2O3. The average molecular weight is 587 g/mol. The van der Waals surface area contributed by atoms with Crippen LogP contribution in [0.4, 0.5) is 11.4 Å². The number of carbonyl (C=O) groups excluding carboxylic acids is 3. The SMILES string of the molecule is CC(C)Cc1ccc(C(=O)[C@@H]2[C@@H](C(=O)c3ccccc3)N3c4ccc(Cl)cc4C=C[C@@H]3[C@@]23C(=O)Nc2ccccc23)cc1. The van der Waals surface area contributed by atoms with Crippen molar-refractivity contribution >= 4 is 46.5 Å². The van der Waals surface area contributed by atoms with Crippen molar-refractivity contribution in [3.05, 3.63) is 136 Å². The van der Waals surface area contributed by atoms with Crippen molar-refractivity contribution in [3.8, 4) is 0 Å². The number of hydrogen-bond acceptors (Lipinski definition) is 4. The Hall–Kier alpha value is -4.48. The van der Waals surface area contributed by atoms with Gasteiger partial charge in [0.05, 0.1) is 12.0 Å². The summed E-state index contributed by atoms with van der Waals surface area (Å²) in [5.41, 5.74) is 3.78. The van der Waals surface area contributed by atoms with Crippen LogP contribution in [0.25, 0.3) is 6.08 Å². The molecule has 1 spiro atoms. The Labute approximate surface area is 256 Å². The van der Waals surface area contributed by atoms with Crippen molar-refractivity contribution in [2.75, 3.05) is 10.2 Å². The molecule has 214 valence electrons. The first-order valence-corrected chi connectivity index (χ1v) is 15.1. The molecule has 1 amide bonds. The molecule has 0 aromatic heterocycles. The molecule has 3 aliphatic rings. The number of ketones is 2. The Morgan fingerprint density at radius 1 is 0.884 bits per heavy atom. The highest BCUT2D eigenvalue weighted by molar-refractivity contribution is 6.31. The first-order valence-electron chi connectivity index (χ1n) is 14.7. The van der Waals surface area contributed by atoms with Crippen molar-refractivity contribution in [1.82, 2.24) is 0 Å². The smallest absolute Gasteiger partial charge is 0.238 e. The number of halogens is 1. The monoisotopic (exact) mass is 586 g/mol. The van der Waals surface area contributed by atoms with Crippen LogP contribution < -0.4 is 10.2 Å². The third-order valence-electron chi connectivity index (χ3n) is 9.09. The van der Waals surface area contributed by atoms with E-state index in [1.807, 2.05) is 95.9 Å². The van der Waals surface area contributed by atoms with E-state index < -0.39 is 23.4 Å². The molecule has 5 nitrogen and oxygen atoms in total. The molecule has 4 aromatic rings. The third kappa shape index (κ3) is 4.17. The summed E-state index contributed by atoms with van der Waals surface area (Å²) < 4.78 is 0. The lowest BCUT2D eigenvalue weighted by Crippen LogP contribution is -2.51. The largest absolute Gasteiger partial charge is 0.352 e. The number of carbonyl (C=O) groups is 3. The first kappa shape index (κ1) is 27.4. The van der Waals surface area contributed by atoms with Crippen LogP contribution in [0.2, 0.25) is 5.02 Å². The predicted molar refractivity (Wildman–Crippen MR) is 171 cm³/mol. The van der Waals surface area contributed by atoms with Crippen molar-refractivity contribution in [2.24, 2.45) is 11.8 Å². The quantitative estimate of drug-likeness (QED) is 0.239. The van der Waals surface area contributed by atoms with E-state index in [9.17, 15) is 14.4 Å². The Balaban J connectivity index is 1.49. The summed E-state index contributed by atoms with van der Waals surface area (Å²) in [7, 11) is 0. The van der Waals surface area contributed by atoms with Gasteiger partial charge in [-0.25, -0.2) is 0 Å². The fourth-order valence-electron chi connectivity index (χ4n) is 7.38. The molecule has 4 atom stereocenters. The summed E-state index contributed by atoms with van der Waals surface area (Å²) in [4.78, 5) is 46.1. The Kier molecular flexibility index (Phi) is 6.59. The fraction of sp³-hybridized carbons (Fsp3) is 0.216. The molecule has 1 fully saturated rings. The third-order valence-corrected chi connectivity index (χ3v) is 9.32. The van der Waals surface area contributed by atoms with Gasteiger partial charge < -0.3 is 10.2 Å². The minimum absolute atomic E-state index is 0.203. The van der Waals surface area contributed by atoms with Crippen molar-refractivity contribution < 1.29 is 14.4 Å². The van der Waals surface area contributed by atoms with Crippen LogP contribution in [-0.4, -0.2) is 29.6 Å². The van der Waals surface area contributed by atoms with E-state index in [-0.39, 0.29) is 17.5 Å². The molecule has 6 heteroatoms. The summed E-state index contributed by atoms with van der Waals surface area (Å²) in [6.45, 7) is 4.32. The minimum atomic E-state index is -1.34. The van der Waals surface area contributed by atoms with Crippen LogP contribution >= 0.6 is 11.6 Å². The van der Waals surface area contributed by atoms with Crippen LogP contribution in [0.5, 0.6) is 0 Å². The maximum atomic E-state index is 14.9. The van der Waals surface area contributed by atoms with Gasteiger partial charge in [-0.05, 0) is 53.3 Å². The van der Waals surface area contributed by atoms with Gasteiger partial charge in [0.1, 0.15) is 11.5 Å². The number of nitrogens with one attached hydrogen (secondary N) is 1. The second kappa shape index (κ2) is 10.4. The Morgan fingerprint density at radius 2 is 1.58 bits per heavy atom. The molecule has 4 aromatic carbocycles. The van der Waals surface area contributed by atoms with Crippen LogP contribution in [-0.2, 0) is 16.6 Å². The Bertz CT molecular complexity index is 1800. The Morgan fingerprint density at radius 3 is 2.33 bits per heavy atom. The molecule has 1 N–H and O–H groups in total. The number of rotatable bonds is 6. The zero-order valence-corrected chi connectivity index (χ0v) is 24.7. The maximum Gasteiger partial charge on any atom is 0.238 e. The van der Waals surface area contributed by atoms with Gasteiger partial charge >= 0.3 is 0 Å². The van der Waals surface area contributed by atoms with Gasteiger partial charge in [-0.3, -0.25) is 14.4 Å². The summed E-state index contributed by atoms with van der Waals surface area (Å²) in [6, 6.07) is 28.2. The highest BCUT2D eigenvalue weighted by Crippen LogP contribution is 2.58. The predicted octanol–water partition coefficient (Wildman–Crippen LogP) is 7.39. The second-order valence-corrected chi connectivity index (χ2v) is 12.5. The molecule has 7 rings (SSSR count). The number of fused-ring (bicyclic) bond motifs is 6. The molecule has 0 radical (unpaired) electrons. The lowest BCUT2D eigenvalue weighted by molar-refractivity contribution is -0.121. The first-order chi connectivity index (χ1) is 20.8. The maximum absolute atomic E-state index is 14.9. The van der Waals surface area contributed by atoms with Crippen LogP contribution in [0.15, 0.2) is 103 Å². The molecule has 0 saturated carbocycles. The van der Waals surface area contributed by atoms with E-state index in [0.717, 1.165) is 28.8 Å². The highest BCUT2D eigenvalue weighted by atomic mass is 35.5. The average Bonchev–Trinajstić information content (AvgIpc) is 3.49. The summed E-state index contributed by atoms with van der Waals surface area (Å²) in [5.74, 6) is -1.23. The number of nitrogens with zero attached hydrogens (tertiary/aromatic N) is 1. The second-order valence-electron chi connectivity index (χ2n) is 12.1. The van der Waals surface area contributed by atoms with Crippen LogP contribution in [0.1, 0.15) is 51.3 Å². The zero-order valence-electron chi connectivity index (χ0n) is 24.0. The number of para-hydroxylation sites is 1. The highest BCUT2D eigenvalue weighted by Gasteiger charge is 2.70. The number of benzene rings is 4. The van der Waals surface area contributed by atoms with Crippen LogP contribution in [0.3, 0.4) is 0 Å². The van der Waals surface area contributed by atoms with Crippen molar-refractivity contribution in [2.45, 2.75) is 37.8 Å². The number of amides is 1. The van der Waals surface area contributed by atoms with Crippen molar-refractivity contribution in [3.63, 3.8) is 0 Å². The number of anilines is 2. The van der Waals surface area contributed by atoms with Gasteiger partial charge in [-0.1, -0.05) is 110 Å². The van der Waals surface area contributed by atoms with E-state index in [1.165, 1.54) is 0 Å². The molecule has 3 aliphatic heterocycles. The molecule has 1 saturated heterocycles. The topological polar surface area (TPSA) is 66.5 Å². The zero-order chi connectivity index (χ0) is 29.9. The van der Waals surface area contributed by atoms with Crippen molar-refractivity contribution in [1.29, 1.82) is 0 Å². The standard InChI is InChI=1S/C37H31ClN2O3/c1-22(2)20-23-12-14-25(15-13-23)34(41)32-33(35(42)24-8-4-3-5-9-24)40-30-18-17-27(38)21-26(30)16-19-31(40)37(32)28-10-6-7-11-29(28)39-36(37)43/h3-19,21-22,31-33H,20H2,1-2H3,(H,39,43)/t31-,32+,33+,37-/m1/s1. The summed E-state index contributed by atoms with van der Waals surface area (Å²) in [5, 5.41) is 3.65. The van der Waals surface area contributed by atoms with Gasteiger partial charge in [0.25, 0.3) is 0 Å². The van der Waals surface area contributed by atoms with E-state index in [1.54, 1.807) is 18.2 Å². The number of hydrogen-bond donors (Lipinski definition) is 1. The van der Waals surface area contributed by atoms with Gasteiger partial charge in [-0.2, -0.15) is 0 Å². The fourth-order valence-corrected chi connectivity index (χ4v) is 7.56. The molecule has 3 heterocycles. The number of Topliss-reactive ketones (excluding diaryl/α,β-unsaturated/α-hetero) is 2. The van der Waals surface area contributed by atoms with E-state index in [2.05, 4.69) is 19.2 Å². The van der Waals surface area contributed by atoms with Gasteiger partial charge in [-0.15, -0.1) is 0 Å². The van der Waals surface area contributed by atoms with Gasteiger partial charge in [0.2, 0.25) is 5.91 Å². The summed E-state index contributed by atoms with van der Waals surface area (Å²) >= 11 is 6.39. The molecule has 0 aliphatic carbocycles. The minimum Gasteiger partial charge on any atom is -0.352 e. The van der Waals surface area contributed by atoms with E-state index >= 15 is 0 Å².